The van der Waals surface area contributed by atoms with Crippen LogP contribution >= 0.6 is 0 Å². The predicted molar refractivity (Wildman–Crippen MR) is 65.7 cm³/mol. The van der Waals surface area contributed by atoms with Gasteiger partial charge in [-0.15, -0.1) is 0 Å². The molecule has 1 atom stereocenters. The second kappa shape index (κ2) is 5.30. The molecule has 0 aliphatic heterocycles. The summed E-state index contributed by atoms with van der Waals surface area (Å²) in [4.78, 5) is 26.8. The number of aromatic nitrogens is 3. The summed E-state index contributed by atoms with van der Waals surface area (Å²) in [5.74, 6) is -1.72. The van der Waals surface area contributed by atoms with E-state index >= 15 is 0 Å². The van der Waals surface area contributed by atoms with Crippen LogP contribution in [0.5, 0.6) is 0 Å². The van der Waals surface area contributed by atoms with E-state index < -0.39 is 11.9 Å². The number of carbonyl (C=O) groups excluding carboxylic acids is 1. The molecule has 0 aromatic carbocycles. The summed E-state index contributed by atoms with van der Waals surface area (Å²) in [6.45, 7) is 1.77. The van der Waals surface area contributed by atoms with Crippen LogP contribution in [0.3, 0.4) is 0 Å². The number of hydrogen-bond acceptors (Lipinski definition) is 4. The highest BCUT2D eigenvalue weighted by Gasteiger charge is 2.19. The summed E-state index contributed by atoms with van der Waals surface area (Å²) in [5.41, 5.74) is 0.561. The Morgan fingerprint density at radius 1 is 1.47 bits per heavy atom. The van der Waals surface area contributed by atoms with Crippen LogP contribution in [0.2, 0.25) is 0 Å². The summed E-state index contributed by atoms with van der Waals surface area (Å²) >= 11 is 0. The molecule has 0 radical (unpaired) electrons. The first kappa shape index (κ1) is 12.7. The van der Waals surface area contributed by atoms with Crippen LogP contribution in [0.4, 0.5) is 0 Å². The van der Waals surface area contributed by atoms with Gasteiger partial charge in [0.05, 0.1) is 17.8 Å². The fraction of sp³-hybridized carbons (Fsp3) is 0.167. The molecule has 19 heavy (non-hydrogen) atoms. The van der Waals surface area contributed by atoms with E-state index in [9.17, 15) is 9.59 Å². The fourth-order valence-electron chi connectivity index (χ4n) is 1.60. The van der Waals surface area contributed by atoms with Gasteiger partial charge in [-0.25, -0.2) is 4.79 Å². The molecular weight excluding hydrogens is 248 g/mol. The average Bonchev–Trinajstić information content (AvgIpc) is 2.92. The van der Waals surface area contributed by atoms with Crippen molar-refractivity contribution in [3.63, 3.8) is 0 Å². The molecule has 2 heterocycles. The van der Waals surface area contributed by atoms with Crippen molar-refractivity contribution in [1.29, 1.82) is 0 Å². The molecule has 3 N–H and O–H groups in total. The minimum atomic E-state index is -1.19. The number of H-pyrrole nitrogens is 1. The molecule has 2 aromatic rings. The maximum absolute atomic E-state index is 12.0. The monoisotopic (exact) mass is 260 g/mol. The third kappa shape index (κ3) is 2.76. The number of carbonyl (C=O) groups is 2. The number of nitrogens with zero attached hydrogens (tertiary/aromatic N) is 2. The van der Waals surface area contributed by atoms with Crippen LogP contribution in [0.25, 0.3) is 0 Å². The summed E-state index contributed by atoms with van der Waals surface area (Å²) in [6.07, 6.45) is 4.62. The van der Waals surface area contributed by atoms with Crippen molar-refractivity contribution in [3.8, 4) is 0 Å². The first-order valence-electron chi connectivity index (χ1n) is 5.57. The Labute approximate surface area is 108 Å². The lowest BCUT2D eigenvalue weighted by molar-refractivity contribution is 0.0689. The van der Waals surface area contributed by atoms with Gasteiger partial charge in [0, 0.05) is 18.0 Å². The van der Waals surface area contributed by atoms with E-state index in [0.29, 0.717) is 0 Å². The smallest absolute Gasteiger partial charge is 0.338 e. The fourth-order valence-corrected chi connectivity index (χ4v) is 1.60. The van der Waals surface area contributed by atoms with E-state index in [1.165, 1.54) is 18.3 Å². The van der Waals surface area contributed by atoms with Crippen molar-refractivity contribution in [2.45, 2.75) is 13.0 Å². The molecule has 0 aliphatic carbocycles. The van der Waals surface area contributed by atoms with Gasteiger partial charge in [0.2, 0.25) is 0 Å². The first-order valence-corrected chi connectivity index (χ1v) is 5.57. The lowest BCUT2D eigenvalue weighted by atomic mass is 10.1. The van der Waals surface area contributed by atoms with Crippen LogP contribution in [-0.4, -0.2) is 32.2 Å². The highest BCUT2D eigenvalue weighted by atomic mass is 16.4. The van der Waals surface area contributed by atoms with E-state index in [0.717, 1.165) is 5.56 Å². The lowest BCUT2D eigenvalue weighted by Gasteiger charge is -2.12. The highest BCUT2D eigenvalue weighted by molar-refractivity contribution is 6.03. The summed E-state index contributed by atoms with van der Waals surface area (Å²) < 4.78 is 0. The van der Waals surface area contributed by atoms with Crippen molar-refractivity contribution >= 4 is 11.9 Å². The predicted octanol–water partition coefficient (Wildman–Crippen LogP) is 0.994. The van der Waals surface area contributed by atoms with Gasteiger partial charge in [0.15, 0.2) is 0 Å². The topological polar surface area (TPSA) is 108 Å². The molecule has 0 aliphatic rings. The number of carboxylic acid groups (broad SMARTS) is 1. The van der Waals surface area contributed by atoms with Crippen molar-refractivity contribution < 1.29 is 14.7 Å². The largest absolute Gasteiger partial charge is 0.478 e. The quantitative estimate of drug-likeness (QED) is 0.759. The molecular formula is C12H12N4O3. The third-order valence-electron chi connectivity index (χ3n) is 2.62. The minimum absolute atomic E-state index is 0.106. The first-order chi connectivity index (χ1) is 9.09. The lowest BCUT2D eigenvalue weighted by Crippen LogP contribution is -2.29. The zero-order valence-corrected chi connectivity index (χ0v) is 10.1. The molecule has 1 amide bonds. The Morgan fingerprint density at radius 2 is 2.26 bits per heavy atom. The Bertz CT molecular complexity index is 595. The highest BCUT2D eigenvalue weighted by Crippen LogP contribution is 2.12. The van der Waals surface area contributed by atoms with Crippen LogP contribution < -0.4 is 5.32 Å². The summed E-state index contributed by atoms with van der Waals surface area (Å²) in [6, 6.07) is 2.52. The van der Waals surface area contributed by atoms with E-state index in [-0.39, 0.29) is 17.3 Å². The Morgan fingerprint density at radius 3 is 2.89 bits per heavy atom. The van der Waals surface area contributed by atoms with E-state index in [4.69, 9.17) is 5.11 Å². The zero-order chi connectivity index (χ0) is 13.8. The molecule has 0 fully saturated rings. The molecule has 0 saturated heterocycles. The normalized spacial score (nSPS) is 11.8. The van der Waals surface area contributed by atoms with Gasteiger partial charge in [-0.1, -0.05) is 0 Å². The Kier molecular flexibility index (Phi) is 3.56. The van der Waals surface area contributed by atoms with Gasteiger partial charge in [-0.2, -0.15) is 5.10 Å². The van der Waals surface area contributed by atoms with Crippen molar-refractivity contribution in [2.24, 2.45) is 0 Å². The molecule has 7 heteroatoms. The van der Waals surface area contributed by atoms with E-state index in [2.05, 4.69) is 20.5 Å². The Hall–Kier alpha value is -2.70. The second-order valence-corrected chi connectivity index (χ2v) is 3.93. The minimum Gasteiger partial charge on any atom is -0.478 e. The number of hydrogen-bond donors (Lipinski definition) is 3. The van der Waals surface area contributed by atoms with Crippen molar-refractivity contribution in [3.05, 3.63) is 47.5 Å². The molecule has 0 bridgehead atoms. The number of carboxylic acids is 1. The molecule has 2 rings (SSSR count). The second-order valence-electron chi connectivity index (χ2n) is 3.93. The number of aromatic amines is 1. The summed E-state index contributed by atoms with van der Waals surface area (Å²) in [7, 11) is 0. The van der Waals surface area contributed by atoms with Crippen LogP contribution in [0.1, 0.15) is 39.4 Å². The number of pyridine rings is 1. The molecule has 7 nitrogen and oxygen atoms in total. The van der Waals surface area contributed by atoms with Gasteiger partial charge < -0.3 is 10.4 Å². The van der Waals surface area contributed by atoms with Crippen LogP contribution in [0, 0.1) is 0 Å². The van der Waals surface area contributed by atoms with E-state index in [1.807, 2.05) is 0 Å². The van der Waals surface area contributed by atoms with Gasteiger partial charge in [-0.05, 0) is 19.1 Å². The van der Waals surface area contributed by atoms with Gasteiger partial charge >= 0.3 is 5.97 Å². The van der Waals surface area contributed by atoms with Gasteiger partial charge in [0.25, 0.3) is 5.91 Å². The zero-order valence-electron chi connectivity index (χ0n) is 10.1. The maximum atomic E-state index is 12.0. The molecule has 98 valence electrons. The SMILES string of the molecule is CC(NC(=O)c1ncccc1C(=O)O)c1cn[nH]c1. The number of aromatic carboxylic acids is 1. The number of amides is 1. The summed E-state index contributed by atoms with van der Waals surface area (Å²) in [5, 5.41) is 18.1. The molecule has 0 saturated carbocycles. The van der Waals surface area contributed by atoms with Gasteiger partial charge in [0.1, 0.15) is 5.69 Å². The maximum Gasteiger partial charge on any atom is 0.338 e. The number of nitrogens with one attached hydrogen (secondary N) is 2. The van der Waals surface area contributed by atoms with Gasteiger partial charge in [-0.3, -0.25) is 14.9 Å². The Balaban J connectivity index is 2.19. The third-order valence-corrected chi connectivity index (χ3v) is 2.62. The average molecular weight is 260 g/mol. The number of rotatable bonds is 4. The van der Waals surface area contributed by atoms with E-state index in [1.54, 1.807) is 19.3 Å². The standard InChI is InChI=1S/C12H12N4O3/c1-7(8-5-14-15-6-8)16-11(17)10-9(12(18)19)3-2-4-13-10/h2-7H,1H3,(H,14,15)(H,16,17)(H,18,19). The van der Waals surface area contributed by atoms with Crippen LogP contribution in [-0.2, 0) is 0 Å². The van der Waals surface area contributed by atoms with Crippen molar-refractivity contribution in [1.82, 2.24) is 20.5 Å². The molecule has 1 unspecified atom stereocenters. The molecule has 0 spiro atoms. The van der Waals surface area contributed by atoms with Crippen molar-refractivity contribution in [2.75, 3.05) is 0 Å². The van der Waals surface area contributed by atoms with Crippen LogP contribution in [0.15, 0.2) is 30.7 Å². The molecule has 2 aromatic heterocycles.